The van der Waals surface area contributed by atoms with Gasteiger partial charge < -0.3 is 20.5 Å². The van der Waals surface area contributed by atoms with E-state index in [0.29, 0.717) is 25.7 Å². The third kappa shape index (κ3) is 5.93. The van der Waals surface area contributed by atoms with Gasteiger partial charge in [0, 0.05) is 12.8 Å². The first-order chi connectivity index (χ1) is 11.6. The second kappa shape index (κ2) is 8.93. The molecule has 0 amide bonds. The number of nitrogens with zero attached hydrogens (tertiary/aromatic N) is 1. The minimum Gasteiger partial charge on any atom is -0.491 e. The summed E-state index contributed by atoms with van der Waals surface area (Å²) >= 11 is 0. The fourth-order valence-electron chi connectivity index (χ4n) is 2.34. The van der Waals surface area contributed by atoms with Crippen LogP contribution >= 0.6 is 0 Å². The highest BCUT2D eigenvalue weighted by Gasteiger charge is 1.99. The van der Waals surface area contributed by atoms with Crippen LogP contribution in [0.5, 0.6) is 5.75 Å². The predicted octanol–water partition coefficient (Wildman–Crippen LogP) is 3.26. The molecule has 0 aliphatic heterocycles. The number of aryl methyl sites for hydroxylation is 2. The number of hydrogen-bond donors (Lipinski definition) is 2. The molecule has 0 aromatic heterocycles. The number of nitrogens with one attached hydrogen (secondary N) is 1. The van der Waals surface area contributed by atoms with E-state index in [2.05, 4.69) is 30.2 Å². The van der Waals surface area contributed by atoms with Crippen molar-refractivity contribution in [1.82, 2.24) is 0 Å². The Bertz CT molecular complexity index is 661. The molecule has 0 spiro atoms. The number of nitrogens with two attached hydrogens (primary N) is 1. The van der Waals surface area contributed by atoms with E-state index in [9.17, 15) is 0 Å². The van der Waals surface area contributed by atoms with E-state index >= 15 is 0 Å². The normalized spacial score (nSPS) is 11.4. The fourth-order valence-corrected chi connectivity index (χ4v) is 2.34. The summed E-state index contributed by atoms with van der Waals surface area (Å²) in [4.78, 5) is 4.38. The van der Waals surface area contributed by atoms with Crippen LogP contribution in [0.1, 0.15) is 16.7 Å². The molecule has 0 aliphatic rings. The minimum absolute atomic E-state index is 0.403. The van der Waals surface area contributed by atoms with Gasteiger partial charge in [0.05, 0.1) is 13.2 Å². The van der Waals surface area contributed by atoms with E-state index in [0.717, 1.165) is 17.0 Å². The number of methoxy groups -OCH3 is 1. The van der Waals surface area contributed by atoms with Crippen molar-refractivity contribution in [2.75, 3.05) is 25.6 Å². The van der Waals surface area contributed by atoms with Crippen LogP contribution in [0, 0.1) is 13.8 Å². The average Bonchev–Trinajstić information content (AvgIpc) is 2.53. The van der Waals surface area contributed by atoms with Gasteiger partial charge in [0.25, 0.3) is 0 Å². The summed E-state index contributed by atoms with van der Waals surface area (Å²) < 4.78 is 10.5. The Labute approximate surface area is 143 Å². The van der Waals surface area contributed by atoms with E-state index in [4.69, 9.17) is 15.2 Å². The lowest BCUT2D eigenvalue weighted by Gasteiger charge is -2.08. The molecule has 128 valence electrons. The molecule has 0 saturated heterocycles. The Morgan fingerprint density at radius 3 is 2.33 bits per heavy atom. The molecular formula is C19H25N3O2. The number of aliphatic imine (C=N–C) groups is 1. The standard InChI is InChI=1S/C19H25N3O2/c1-14-10-15(2)12-17(11-14)22-19(20)21-13-16-4-6-18(7-5-16)24-9-8-23-3/h4-7,10-12H,8-9,13H2,1-3H3,(H3,20,21,22). The van der Waals surface area contributed by atoms with E-state index in [-0.39, 0.29) is 0 Å². The van der Waals surface area contributed by atoms with Crippen molar-refractivity contribution in [1.29, 1.82) is 0 Å². The Morgan fingerprint density at radius 1 is 1.04 bits per heavy atom. The maximum atomic E-state index is 5.96. The Hall–Kier alpha value is -2.53. The smallest absolute Gasteiger partial charge is 0.193 e. The minimum atomic E-state index is 0.403. The summed E-state index contributed by atoms with van der Waals surface area (Å²) in [5.41, 5.74) is 10.4. The monoisotopic (exact) mass is 327 g/mol. The van der Waals surface area contributed by atoms with Crippen molar-refractivity contribution in [3.05, 3.63) is 59.2 Å². The number of hydrogen-bond acceptors (Lipinski definition) is 3. The van der Waals surface area contributed by atoms with Gasteiger partial charge >= 0.3 is 0 Å². The van der Waals surface area contributed by atoms with E-state index in [1.807, 2.05) is 36.4 Å². The molecule has 0 unspecified atom stereocenters. The maximum absolute atomic E-state index is 5.96. The second-order valence-corrected chi connectivity index (χ2v) is 5.69. The zero-order chi connectivity index (χ0) is 17.4. The molecule has 2 rings (SSSR count). The van der Waals surface area contributed by atoms with Crippen molar-refractivity contribution in [3.8, 4) is 5.75 Å². The molecule has 0 bridgehead atoms. The topological polar surface area (TPSA) is 68.9 Å². The van der Waals surface area contributed by atoms with Crippen LogP contribution in [0.2, 0.25) is 0 Å². The van der Waals surface area contributed by atoms with Crippen molar-refractivity contribution in [3.63, 3.8) is 0 Å². The molecule has 2 aromatic rings. The largest absolute Gasteiger partial charge is 0.491 e. The van der Waals surface area contributed by atoms with Crippen LogP contribution in [0.15, 0.2) is 47.5 Å². The fraction of sp³-hybridized carbons (Fsp3) is 0.316. The predicted molar refractivity (Wildman–Crippen MR) is 98.7 cm³/mol. The highest BCUT2D eigenvalue weighted by Crippen LogP contribution is 2.14. The SMILES string of the molecule is COCCOc1ccc(CN=C(N)Nc2cc(C)cc(C)c2)cc1. The Balaban J connectivity index is 1.89. The Morgan fingerprint density at radius 2 is 1.71 bits per heavy atom. The van der Waals surface area contributed by atoms with Crippen LogP contribution < -0.4 is 15.8 Å². The van der Waals surface area contributed by atoms with Gasteiger partial charge in [-0.25, -0.2) is 4.99 Å². The molecule has 3 N–H and O–H groups in total. The molecule has 0 fully saturated rings. The number of ether oxygens (including phenoxy) is 2. The zero-order valence-electron chi connectivity index (χ0n) is 14.5. The molecular weight excluding hydrogens is 302 g/mol. The van der Waals surface area contributed by atoms with E-state index < -0.39 is 0 Å². The number of rotatable bonds is 7. The van der Waals surface area contributed by atoms with Gasteiger partial charge in [-0.05, 0) is 54.8 Å². The number of anilines is 1. The van der Waals surface area contributed by atoms with Gasteiger partial charge in [0.1, 0.15) is 12.4 Å². The van der Waals surface area contributed by atoms with Gasteiger partial charge in [0.2, 0.25) is 0 Å². The molecule has 0 atom stereocenters. The number of guanidine groups is 1. The summed E-state index contributed by atoms with van der Waals surface area (Å²) in [5, 5.41) is 3.13. The average molecular weight is 327 g/mol. The molecule has 2 aromatic carbocycles. The molecule has 0 heterocycles. The lowest BCUT2D eigenvalue weighted by molar-refractivity contribution is 0.146. The van der Waals surface area contributed by atoms with Crippen LogP contribution in [0.3, 0.4) is 0 Å². The quantitative estimate of drug-likeness (QED) is 0.465. The van der Waals surface area contributed by atoms with Crippen molar-refractivity contribution >= 4 is 11.6 Å². The van der Waals surface area contributed by atoms with E-state index in [1.54, 1.807) is 7.11 Å². The molecule has 5 nitrogen and oxygen atoms in total. The summed E-state index contributed by atoms with van der Waals surface area (Å²) in [6.07, 6.45) is 0. The first-order valence-electron chi connectivity index (χ1n) is 7.93. The van der Waals surface area contributed by atoms with Crippen LogP contribution in [0.25, 0.3) is 0 Å². The summed E-state index contributed by atoms with van der Waals surface area (Å²) in [6.45, 7) is 5.75. The van der Waals surface area contributed by atoms with Crippen LogP contribution in [0.4, 0.5) is 5.69 Å². The third-order valence-electron chi connectivity index (χ3n) is 3.41. The maximum Gasteiger partial charge on any atom is 0.193 e. The molecule has 5 heteroatoms. The van der Waals surface area contributed by atoms with Crippen molar-refractivity contribution < 1.29 is 9.47 Å². The van der Waals surface area contributed by atoms with Gasteiger partial charge in [-0.2, -0.15) is 0 Å². The zero-order valence-corrected chi connectivity index (χ0v) is 14.5. The lowest BCUT2D eigenvalue weighted by atomic mass is 10.1. The van der Waals surface area contributed by atoms with Crippen molar-refractivity contribution in [2.45, 2.75) is 20.4 Å². The Kier molecular flexibility index (Phi) is 6.63. The summed E-state index contributed by atoms with van der Waals surface area (Å²) in [7, 11) is 1.65. The van der Waals surface area contributed by atoms with Gasteiger partial charge in [-0.1, -0.05) is 18.2 Å². The second-order valence-electron chi connectivity index (χ2n) is 5.69. The highest BCUT2D eigenvalue weighted by atomic mass is 16.5. The van der Waals surface area contributed by atoms with Crippen LogP contribution in [-0.4, -0.2) is 26.3 Å². The first-order valence-corrected chi connectivity index (χ1v) is 7.93. The lowest BCUT2D eigenvalue weighted by Crippen LogP contribution is -2.22. The molecule has 0 radical (unpaired) electrons. The van der Waals surface area contributed by atoms with Gasteiger partial charge in [-0.15, -0.1) is 0 Å². The summed E-state index contributed by atoms with van der Waals surface area (Å²) in [6, 6.07) is 14.0. The molecule has 0 aliphatic carbocycles. The summed E-state index contributed by atoms with van der Waals surface area (Å²) in [5.74, 6) is 1.22. The van der Waals surface area contributed by atoms with Gasteiger partial charge in [0.15, 0.2) is 5.96 Å². The third-order valence-corrected chi connectivity index (χ3v) is 3.41. The first kappa shape index (κ1) is 17.8. The van der Waals surface area contributed by atoms with Gasteiger partial charge in [-0.3, -0.25) is 0 Å². The van der Waals surface area contributed by atoms with Crippen LogP contribution in [-0.2, 0) is 11.3 Å². The van der Waals surface area contributed by atoms with E-state index in [1.165, 1.54) is 11.1 Å². The molecule has 24 heavy (non-hydrogen) atoms. The number of benzene rings is 2. The molecule has 0 saturated carbocycles. The van der Waals surface area contributed by atoms with Crippen molar-refractivity contribution in [2.24, 2.45) is 10.7 Å². The highest BCUT2D eigenvalue weighted by molar-refractivity contribution is 5.92.